The minimum absolute atomic E-state index is 0.0202. The molecule has 0 saturated heterocycles. The molecule has 0 aromatic heterocycles. The number of carbonyl (C=O) groups is 3. The molecule has 0 unspecified atom stereocenters. The summed E-state index contributed by atoms with van der Waals surface area (Å²) in [5, 5.41) is 5.89. The molecule has 0 bridgehead atoms. The van der Waals surface area contributed by atoms with Gasteiger partial charge in [-0.25, -0.2) is 0 Å². The normalized spacial score (nSPS) is 11.0. The quantitative estimate of drug-likeness (QED) is 0.351. The smallest absolute Gasteiger partial charge is 0.251 e. The SMILES string of the molecule is CC(C)C(=O)CCOCCNc1cc(C(=O)NCCN)cc(C(=O)C(C)C)c1. The summed E-state index contributed by atoms with van der Waals surface area (Å²) in [4.78, 5) is 36.2. The standard InChI is InChI=1S/C21H33N3O4/c1-14(2)19(25)5-9-28-10-8-23-18-12-16(20(26)15(3)4)11-17(13-18)21(27)24-7-6-22/h11-15,23H,5-10,22H2,1-4H3,(H,24,27). The summed E-state index contributed by atoms with van der Waals surface area (Å²) in [7, 11) is 0. The fourth-order valence-corrected chi connectivity index (χ4v) is 2.46. The second-order valence-electron chi connectivity index (χ2n) is 7.27. The van der Waals surface area contributed by atoms with E-state index in [4.69, 9.17) is 10.5 Å². The van der Waals surface area contributed by atoms with Gasteiger partial charge < -0.3 is 21.1 Å². The zero-order valence-electron chi connectivity index (χ0n) is 17.3. The Morgan fingerprint density at radius 3 is 2.25 bits per heavy atom. The predicted octanol–water partition coefficient (Wildman–Crippen LogP) is 2.26. The molecule has 156 valence electrons. The summed E-state index contributed by atoms with van der Waals surface area (Å²) < 4.78 is 5.48. The number of amides is 1. The number of ketones is 2. The van der Waals surface area contributed by atoms with E-state index in [2.05, 4.69) is 10.6 Å². The Kier molecular flexibility index (Phi) is 10.4. The number of nitrogens with one attached hydrogen (secondary N) is 2. The van der Waals surface area contributed by atoms with E-state index in [1.807, 2.05) is 27.7 Å². The molecule has 0 saturated carbocycles. The molecule has 0 radical (unpaired) electrons. The van der Waals surface area contributed by atoms with E-state index in [1.54, 1.807) is 18.2 Å². The molecule has 28 heavy (non-hydrogen) atoms. The summed E-state index contributed by atoms with van der Waals surface area (Å²) in [5.41, 5.74) is 7.00. The first-order valence-corrected chi connectivity index (χ1v) is 9.78. The highest BCUT2D eigenvalue weighted by atomic mass is 16.5. The topological polar surface area (TPSA) is 111 Å². The number of benzene rings is 1. The molecular formula is C21H33N3O4. The number of nitrogens with two attached hydrogens (primary N) is 1. The van der Waals surface area contributed by atoms with E-state index in [0.717, 1.165) is 0 Å². The molecule has 1 rings (SSSR count). The molecule has 1 aromatic carbocycles. The van der Waals surface area contributed by atoms with Crippen LogP contribution in [0.4, 0.5) is 5.69 Å². The van der Waals surface area contributed by atoms with Crippen LogP contribution < -0.4 is 16.4 Å². The molecule has 4 N–H and O–H groups in total. The maximum Gasteiger partial charge on any atom is 0.251 e. The second kappa shape index (κ2) is 12.3. The number of anilines is 1. The minimum Gasteiger partial charge on any atom is -0.383 e. The third kappa shape index (κ3) is 8.19. The third-order valence-electron chi connectivity index (χ3n) is 4.15. The van der Waals surface area contributed by atoms with Gasteiger partial charge in [0.2, 0.25) is 0 Å². The van der Waals surface area contributed by atoms with Gasteiger partial charge in [-0.15, -0.1) is 0 Å². The van der Waals surface area contributed by atoms with Crippen LogP contribution in [0.2, 0.25) is 0 Å². The Morgan fingerprint density at radius 2 is 1.64 bits per heavy atom. The summed E-state index contributed by atoms with van der Waals surface area (Å²) >= 11 is 0. The van der Waals surface area contributed by atoms with Gasteiger partial charge in [0.1, 0.15) is 5.78 Å². The maximum absolute atomic E-state index is 12.4. The second-order valence-corrected chi connectivity index (χ2v) is 7.27. The first kappa shape index (κ1) is 23.8. The van der Waals surface area contributed by atoms with E-state index in [1.165, 1.54) is 0 Å². The number of hydrogen-bond donors (Lipinski definition) is 3. The Bertz CT molecular complexity index is 672. The van der Waals surface area contributed by atoms with Crippen LogP contribution >= 0.6 is 0 Å². The van der Waals surface area contributed by atoms with Gasteiger partial charge in [0.05, 0.1) is 13.2 Å². The summed E-state index contributed by atoms with van der Waals surface area (Å²) in [5.74, 6) is -0.264. The van der Waals surface area contributed by atoms with Gasteiger partial charge >= 0.3 is 0 Å². The molecule has 1 amide bonds. The fraction of sp³-hybridized carbons (Fsp3) is 0.571. The van der Waals surface area contributed by atoms with Gasteiger partial charge in [0.15, 0.2) is 5.78 Å². The van der Waals surface area contributed by atoms with Gasteiger partial charge in [0, 0.05) is 54.7 Å². The van der Waals surface area contributed by atoms with Crippen LogP contribution in [0.3, 0.4) is 0 Å². The zero-order valence-corrected chi connectivity index (χ0v) is 17.3. The summed E-state index contributed by atoms with van der Waals surface area (Å²) in [6.07, 6.45) is 0.404. The Balaban J connectivity index is 2.70. The van der Waals surface area contributed by atoms with Crippen LogP contribution in [0.25, 0.3) is 0 Å². The van der Waals surface area contributed by atoms with Crippen molar-refractivity contribution in [3.05, 3.63) is 29.3 Å². The van der Waals surface area contributed by atoms with Crippen molar-refractivity contribution >= 4 is 23.2 Å². The lowest BCUT2D eigenvalue weighted by Gasteiger charge is -2.13. The molecule has 1 aromatic rings. The minimum atomic E-state index is -0.268. The molecule has 0 aliphatic heterocycles. The van der Waals surface area contributed by atoms with Crippen LogP contribution in [0, 0.1) is 11.8 Å². The largest absolute Gasteiger partial charge is 0.383 e. The lowest BCUT2D eigenvalue weighted by molar-refractivity contribution is -0.122. The van der Waals surface area contributed by atoms with E-state index in [0.29, 0.717) is 56.1 Å². The summed E-state index contributed by atoms with van der Waals surface area (Å²) in [6.45, 7) is 9.41. The van der Waals surface area contributed by atoms with Crippen molar-refractivity contribution in [1.29, 1.82) is 0 Å². The monoisotopic (exact) mass is 391 g/mol. The highest BCUT2D eigenvalue weighted by molar-refractivity contribution is 6.02. The summed E-state index contributed by atoms with van der Waals surface area (Å²) in [6, 6.07) is 5.04. The Labute approximate surface area is 167 Å². The van der Waals surface area contributed by atoms with Crippen molar-refractivity contribution in [1.82, 2.24) is 5.32 Å². The van der Waals surface area contributed by atoms with Gasteiger partial charge in [-0.1, -0.05) is 27.7 Å². The number of rotatable bonds is 13. The highest BCUT2D eigenvalue weighted by Gasteiger charge is 2.15. The van der Waals surface area contributed by atoms with Crippen molar-refractivity contribution in [2.75, 3.05) is 38.2 Å². The van der Waals surface area contributed by atoms with Crippen molar-refractivity contribution in [3.63, 3.8) is 0 Å². The fourth-order valence-electron chi connectivity index (χ4n) is 2.46. The molecular weight excluding hydrogens is 358 g/mol. The van der Waals surface area contributed by atoms with E-state index >= 15 is 0 Å². The van der Waals surface area contributed by atoms with Crippen LogP contribution in [0.15, 0.2) is 18.2 Å². The van der Waals surface area contributed by atoms with Crippen molar-refractivity contribution in [2.45, 2.75) is 34.1 Å². The van der Waals surface area contributed by atoms with E-state index < -0.39 is 0 Å². The van der Waals surface area contributed by atoms with Crippen molar-refractivity contribution in [3.8, 4) is 0 Å². The number of carbonyl (C=O) groups excluding carboxylic acids is 3. The van der Waals surface area contributed by atoms with Gasteiger partial charge in [-0.05, 0) is 18.2 Å². The van der Waals surface area contributed by atoms with Crippen LogP contribution in [-0.2, 0) is 9.53 Å². The van der Waals surface area contributed by atoms with Crippen LogP contribution in [0.1, 0.15) is 54.8 Å². The molecule has 0 aliphatic rings. The van der Waals surface area contributed by atoms with Crippen LogP contribution in [-0.4, -0.2) is 50.3 Å². The van der Waals surface area contributed by atoms with Crippen molar-refractivity contribution in [2.24, 2.45) is 17.6 Å². The van der Waals surface area contributed by atoms with Crippen molar-refractivity contribution < 1.29 is 19.1 Å². The molecule has 0 atom stereocenters. The predicted molar refractivity (Wildman–Crippen MR) is 111 cm³/mol. The lowest BCUT2D eigenvalue weighted by Crippen LogP contribution is -2.29. The number of hydrogen-bond acceptors (Lipinski definition) is 6. The average Bonchev–Trinajstić information content (AvgIpc) is 2.67. The first-order valence-electron chi connectivity index (χ1n) is 9.78. The first-order chi connectivity index (χ1) is 13.3. The van der Waals surface area contributed by atoms with Gasteiger partial charge in [-0.3, -0.25) is 14.4 Å². The highest BCUT2D eigenvalue weighted by Crippen LogP contribution is 2.18. The van der Waals surface area contributed by atoms with E-state index in [9.17, 15) is 14.4 Å². The Morgan fingerprint density at radius 1 is 0.964 bits per heavy atom. The molecule has 7 nitrogen and oxygen atoms in total. The molecule has 7 heteroatoms. The number of ether oxygens (including phenoxy) is 1. The third-order valence-corrected chi connectivity index (χ3v) is 4.15. The molecule has 0 fully saturated rings. The van der Waals surface area contributed by atoms with Gasteiger partial charge in [0.25, 0.3) is 5.91 Å². The van der Waals surface area contributed by atoms with Gasteiger partial charge in [-0.2, -0.15) is 0 Å². The average molecular weight is 392 g/mol. The van der Waals surface area contributed by atoms with E-state index in [-0.39, 0.29) is 29.3 Å². The van der Waals surface area contributed by atoms with Crippen LogP contribution in [0.5, 0.6) is 0 Å². The molecule has 0 heterocycles. The molecule has 0 spiro atoms. The lowest BCUT2D eigenvalue weighted by atomic mass is 9.98. The Hall–Kier alpha value is -2.25. The maximum atomic E-state index is 12.4. The number of Topliss-reactive ketones (excluding diaryl/α,β-unsaturated/α-hetero) is 2. The molecule has 0 aliphatic carbocycles. The zero-order chi connectivity index (χ0) is 21.1.